The van der Waals surface area contributed by atoms with E-state index in [9.17, 15) is 0 Å². The predicted octanol–water partition coefficient (Wildman–Crippen LogP) is 2.67. The summed E-state index contributed by atoms with van der Waals surface area (Å²) in [5.74, 6) is 3.93. The molecule has 0 bridgehead atoms. The average molecular weight is 181 g/mol. The Labute approximate surface area is 82.3 Å². The zero-order valence-electron chi connectivity index (χ0n) is 9.43. The van der Waals surface area contributed by atoms with E-state index in [1.54, 1.807) is 0 Å². The van der Waals surface area contributed by atoms with Crippen LogP contribution in [0.1, 0.15) is 40.5 Å². The molecule has 1 nitrogen and oxygen atoms in total. The number of nitrogens with one attached hydrogen (secondary N) is 1. The Morgan fingerprint density at radius 2 is 2.00 bits per heavy atom. The lowest BCUT2D eigenvalue weighted by Crippen LogP contribution is -2.58. The van der Waals surface area contributed by atoms with Gasteiger partial charge in [-0.15, -0.1) is 0 Å². The molecule has 0 aromatic carbocycles. The van der Waals surface area contributed by atoms with Crippen LogP contribution in [-0.4, -0.2) is 12.1 Å². The summed E-state index contributed by atoms with van der Waals surface area (Å²) in [4.78, 5) is 0. The second-order valence-electron chi connectivity index (χ2n) is 6.04. The minimum Gasteiger partial charge on any atom is -0.311 e. The zero-order chi connectivity index (χ0) is 9.64. The van der Waals surface area contributed by atoms with Gasteiger partial charge in [-0.2, -0.15) is 0 Å². The van der Waals surface area contributed by atoms with Gasteiger partial charge in [-0.25, -0.2) is 0 Å². The van der Waals surface area contributed by atoms with Crippen molar-refractivity contribution in [3.63, 3.8) is 0 Å². The molecule has 0 aromatic rings. The second-order valence-corrected chi connectivity index (χ2v) is 6.04. The molecule has 1 saturated carbocycles. The lowest BCUT2D eigenvalue weighted by atomic mass is 9.56. The Balaban J connectivity index is 1.94. The van der Waals surface area contributed by atoms with E-state index in [2.05, 4.69) is 33.0 Å². The van der Waals surface area contributed by atoms with Crippen LogP contribution in [0.3, 0.4) is 0 Å². The molecule has 1 aliphatic carbocycles. The molecule has 0 aromatic heterocycles. The molecule has 0 spiro atoms. The van der Waals surface area contributed by atoms with Crippen molar-refractivity contribution in [2.75, 3.05) is 6.54 Å². The van der Waals surface area contributed by atoms with Gasteiger partial charge in [-0.05, 0) is 56.9 Å². The molecular weight excluding hydrogens is 158 g/mol. The summed E-state index contributed by atoms with van der Waals surface area (Å²) < 4.78 is 0. The van der Waals surface area contributed by atoms with Gasteiger partial charge in [0.2, 0.25) is 0 Å². The van der Waals surface area contributed by atoms with Gasteiger partial charge in [-0.3, -0.25) is 0 Å². The molecule has 1 aliphatic heterocycles. The molecular formula is C12H23N. The fourth-order valence-corrected chi connectivity index (χ4v) is 3.29. The number of fused-ring (bicyclic) bond motifs is 1. The molecule has 1 N–H and O–H groups in total. The van der Waals surface area contributed by atoms with Crippen LogP contribution in [0.5, 0.6) is 0 Å². The fourth-order valence-electron chi connectivity index (χ4n) is 3.29. The number of piperidine rings is 1. The van der Waals surface area contributed by atoms with Crippen LogP contribution in [0, 0.1) is 23.7 Å². The molecule has 1 heterocycles. The van der Waals surface area contributed by atoms with Crippen molar-refractivity contribution < 1.29 is 0 Å². The van der Waals surface area contributed by atoms with Gasteiger partial charge >= 0.3 is 0 Å². The smallest absolute Gasteiger partial charge is 0.0128 e. The zero-order valence-corrected chi connectivity index (χ0v) is 9.43. The van der Waals surface area contributed by atoms with E-state index in [-0.39, 0.29) is 0 Å². The molecule has 2 rings (SSSR count). The van der Waals surface area contributed by atoms with Crippen LogP contribution >= 0.6 is 0 Å². The normalized spacial score (nSPS) is 42.7. The lowest BCUT2D eigenvalue weighted by molar-refractivity contribution is -0.0198. The van der Waals surface area contributed by atoms with Gasteiger partial charge in [0.1, 0.15) is 0 Å². The highest BCUT2D eigenvalue weighted by molar-refractivity contribution is 5.00. The molecule has 13 heavy (non-hydrogen) atoms. The standard InChI is InChI=1S/C12H23N/c1-8(2)10-5-9-6-12(3,4)13-7-11(9)10/h8-11,13H,5-7H2,1-4H3. The highest BCUT2D eigenvalue weighted by Gasteiger charge is 2.47. The van der Waals surface area contributed by atoms with Crippen LogP contribution in [0.2, 0.25) is 0 Å². The largest absolute Gasteiger partial charge is 0.311 e. The van der Waals surface area contributed by atoms with E-state index in [1.807, 2.05) is 0 Å². The third kappa shape index (κ3) is 1.63. The number of rotatable bonds is 1. The van der Waals surface area contributed by atoms with Crippen molar-refractivity contribution in [1.29, 1.82) is 0 Å². The summed E-state index contributed by atoms with van der Waals surface area (Å²) >= 11 is 0. The molecule has 2 aliphatic rings. The third-order valence-corrected chi connectivity index (χ3v) is 4.18. The minimum atomic E-state index is 0.406. The summed E-state index contributed by atoms with van der Waals surface area (Å²) in [6.45, 7) is 10.7. The van der Waals surface area contributed by atoms with Crippen LogP contribution in [0.15, 0.2) is 0 Å². The van der Waals surface area contributed by atoms with Crippen molar-refractivity contribution >= 4 is 0 Å². The average Bonchev–Trinajstić information content (AvgIpc) is 1.94. The van der Waals surface area contributed by atoms with Crippen molar-refractivity contribution in [1.82, 2.24) is 5.32 Å². The number of hydrogen-bond donors (Lipinski definition) is 1. The number of hydrogen-bond acceptors (Lipinski definition) is 1. The molecule has 3 unspecified atom stereocenters. The van der Waals surface area contributed by atoms with Gasteiger partial charge in [0.15, 0.2) is 0 Å². The van der Waals surface area contributed by atoms with Gasteiger partial charge in [0, 0.05) is 5.54 Å². The van der Waals surface area contributed by atoms with E-state index in [1.165, 1.54) is 19.4 Å². The van der Waals surface area contributed by atoms with Crippen LogP contribution < -0.4 is 5.32 Å². The fraction of sp³-hybridized carbons (Fsp3) is 1.00. The monoisotopic (exact) mass is 181 g/mol. The summed E-state index contributed by atoms with van der Waals surface area (Å²) in [6.07, 6.45) is 2.88. The van der Waals surface area contributed by atoms with Gasteiger partial charge in [-0.1, -0.05) is 13.8 Å². The maximum atomic E-state index is 3.67. The minimum absolute atomic E-state index is 0.406. The van der Waals surface area contributed by atoms with E-state index in [4.69, 9.17) is 0 Å². The summed E-state index contributed by atoms with van der Waals surface area (Å²) in [5.41, 5.74) is 0.406. The highest BCUT2D eigenvalue weighted by Crippen LogP contribution is 2.49. The highest BCUT2D eigenvalue weighted by atomic mass is 15.0. The Bertz CT molecular complexity index is 195. The van der Waals surface area contributed by atoms with Gasteiger partial charge in [0.05, 0.1) is 0 Å². The van der Waals surface area contributed by atoms with Crippen molar-refractivity contribution in [2.45, 2.75) is 46.1 Å². The first-order chi connectivity index (χ1) is 5.99. The molecule has 1 saturated heterocycles. The van der Waals surface area contributed by atoms with Crippen molar-refractivity contribution in [2.24, 2.45) is 23.7 Å². The summed E-state index contributed by atoms with van der Waals surface area (Å²) in [6, 6.07) is 0. The van der Waals surface area contributed by atoms with Gasteiger partial charge < -0.3 is 5.32 Å². The first kappa shape index (κ1) is 9.51. The first-order valence-electron chi connectivity index (χ1n) is 5.74. The van der Waals surface area contributed by atoms with E-state index in [0.717, 1.165) is 23.7 Å². The SMILES string of the molecule is CC(C)C1CC2CC(C)(C)NCC21. The van der Waals surface area contributed by atoms with Gasteiger partial charge in [0.25, 0.3) is 0 Å². The molecule has 1 heteroatoms. The maximum absolute atomic E-state index is 3.67. The van der Waals surface area contributed by atoms with Crippen LogP contribution in [-0.2, 0) is 0 Å². The molecule has 2 fully saturated rings. The molecule has 3 atom stereocenters. The van der Waals surface area contributed by atoms with Crippen molar-refractivity contribution in [3.8, 4) is 0 Å². The Kier molecular flexibility index (Phi) is 2.18. The Hall–Kier alpha value is -0.0400. The van der Waals surface area contributed by atoms with Crippen LogP contribution in [0.4, 0.5) is 0 Å². The Morgan fingerprint density at radius 3 is 2.54 bits per heavy atom. The quantitative estimate of drug-likeness (QED) is 0.656. The van der Waals surface area contributed by atoms with Crippen molar-refractivity contribution in [3.05, 3.63) is 0 Å². The topological polar surface area (TPSA) is 12.0 Å². The summed E-state index contributed by atoms with van der Waals surface area (Å²) in [7, 11) is 0. The second kappa shape index (κ2) is 2.98. The first-order valence-corrected chi connectivity index (χ1v) is 5.74. The van der Waals surface area contributed by atoms with E-state index in [0.29, 0.717) is 5.54 Å². The van der Waals surface area contributed by atoms with E-state index >= 15 is 0 Å². The predicted molar refractivity (Wildman–Crippen MR) is 56.6 cm³/mol. The van der Waals surface area contributed by atoms with E-state index < -0.39 is 0 Å². The third-order valence-electron chi connectivity index (χ3n) is 4.18. The maximum Gasteiger partial charge on any atom is 0.0128 e. The molecule has 0 amide bonds. The molecule has 76 valence electrons. The lowest BCUT2D eigenvalue weighted by Gasteiger charge is -2.54. The Morgan fingerprint density at radius 1 is 1.31 bits per heavy atom. The molecule has 0 radical (unpaired) electrons. The summed E-state index contributed by atoms with van der Waals surface area (Å²) in [5, 5.41) is 3.67. The van der Waals surface area contributed by atoms with Crippen LogP contribution in [0.25, 0.3) is 0 Å².